The van der Waals surface area contributed by atoms with E-state index < -0.39 is 101 Å². The molecule has 0 aromatic heterocycles. The number of imide groups is 2. The van der Waals surface area contributed by atoms with E-state index in [9.17, 15) is 68.2 Å². The molecule has 0 fully saturated rings. The Balaban J connectivity index is 1.02. The van der Waals surface area contributed by atoms with Crippen LogP contribution in [0, 0.1) is 20.2 Å². The Labute approximate surface area is 431 Å². The number of hydrogen-bond donors (Lipinski definition) is 6. The summed E-state index contributed by atoms with van der Waals surface area (Å²) in [6.45, 7) is -0.462. The Morgan fingerprint density at radius 2 is 1.18 bits per heavy atom. The van der Waals surface area contributed by atoms with Crippen LogP contribution in [0.1, 0.15) is 73.2 Å². The molecule has 2 aliphatic heterocycles. The average Bonchev–Trinajstić information content (AvgIpc) is 3.40. The molecule has 6 N–H and O–H groups in total. The summed E-state index contributed by atoms with van der Waals surface area (Å²) in [4.78, 5) is 157. The smallest absolute Gasteiger partial charge is 0.303 e. The number of carboxylic acid groups (broad SMARTS) is 1. The van der Waals surface area contributed by atoms with Gasteiger partial charge in [-0.15, -0.1) is 0 Å². The number of carbonyl (C=O) groups is 10. The maximum Gasteiger partial charge on any atom is 0.303 e. The summed E-state index contributed by atoms with van der Waals surface area (Å²) in [7, 11) is 0. The van der Waals surface area contributed by atoms with Crippen molar-refractivity contribution in [1.29, 1.82) is 0 Å². The quantitative estimate of drug-likeness (QED) is 0.0210. The van der Waals surface area contributed by atoms with Gasteiger partial charge < -0.3 is 36.6 Å². The van der Waals surface area contributed by atoms with E-state index in [-0.39, 0.29) is 97.5 Å². The van der Waals surface area contributed by atoms with Crippen molar-refractivity contribution in [2.75, 3.05) is 52.4 Å². The van der Waals surface area contributed by atoms with E-state index in [4.69, 9.17) is 5.11 Å². The second-order valence-electron chi connectivity index (χ2n) is 17.7. The van der Waals surface area contributed by atoms with Gasteiger partial charge in [0, 0.05) is 91.7 Å². The van der Waals surface area contributed by atoms with Crippen molar-refractivity contribution >= 4 is 92.1 Å². The molecule has 76 heavy (non-hydrogen) atoms. The zero-order valence-electron chi connectivity index (χ0n) is 40.7. The van der Waals surface area contributed by atoms with Crippen LogP contribution in [0.4, 0.5) is 11.4 Å². The maximum atomic E-state index is 14.1. The van der Waals surface area contributed by atoms with Crippen LogP contribution in [0.3, 0.4) is 0 Å². The largest absolute Gasteiger partial charge is 0.481 e. The maximum absolute atomic E-state index is 14.1. The summed E-state index contributed by atoms with van der Waals surface area (Å²) in [5, 5.41) is 46.3. The van der Waals surface area contributed by atoms with Gasteiger partial charge in [-0.3, -0.25) is 78.0 Å². The van der Waals surface area contributed by atoms with Gasteiger partial charge in [0.2, 0.25) is 29.5 Å². The molecule has 0 unspecified atom stereocenters. The van der Waals surface area contributed by atoms with Crippen molar-refractivity contribution in [3.8, 4) is 0 Å². The van der Waals surface area contributed by atoms with Crippen LogP contribution in [0.15, 0.2) is 91.0 Å². The summed E-state index contributed by atoms with van der Waals surface area (Å²) < 4.78 is 0. The second kappa shape index (κ2) is 24.0. The Kier molecular flexibility index (Phi) is 17.1. The van der Waals surface area contributed by atoms with E-state index >= 15 is 0 Å². The van der Waals surface area contributed by atoms with Gasteiger partial charge in [0.15, 0.2) is 0 Å². The Bertz CT molecular complexity index is 3220. The van der Waals surface area contributed by atoms with Crippen LogP contribution in [-0.2, 0) is 35.2 Å². The number of non-ortho nitro benzene ring substituents is 2. The summed E-state index contributed by atoms with van der Waals surface area (Å²) >= 11 is 0. The third kappa shape index (κ3) is 12.6. The van der Waals surface area contributed by atoms with Gasteiger partial charge in [-0.05, 0) is 48.4 Å². The highest BCUT2D eigenvalue weighted by molar-refractivity contribution is 6.27. The van der Waals surface area contributed by atoms with Crippen molar-refractivity contribution in [3.63, 3.8) is 0 Å². The van der Waals surface area contributed by atoms with Gasteiger partial charge in [-0.1, -0.05) is 54.6 Å². The highest BCUT2D eigenvalue weighted by Gasteiger charge is 2.36. The van der Waals surface area contributed by atoms with Crippen molar-refractivity contribution in [1.82, 2.24) is 41.3 Å². The number of amides is 9. The first-order chi connectivity index (χ1) is 36.3. The SMILES string of the molecule is C[C@H](NC(=O)CNC(=O)CCC(=O)O)C(=O)N[C@@H](Cc1ccccc1)C(=O)NCC(=O)N(CCCNCCN1C(=O)c2cccc3cc([N+](=O)[O-])cc(c23)C1=O)CCN1C(=O)c2cccc3cc([N+](=O)[O-])cc(c23)C1=O. The number of aliphatic carboxylic acids is 1. The van der Waals surface area contributed by atoms with E-state index in [1.54, 1.807) is 42.5 Å². The van der Waals surface area contributed by atoms with Crippen LogP contribution in [0.25, 0.3) is 21.5 Å². The van der Waals surface area contributed by atoms with Crippen LogP contribution in [-0.4, -0.2) is 153 Å². The normalized spacial score (nSPS) is 13.5. The van der Waals surface area contributed by atoms with Gasteiger partial charge in [0.25, 0.3) is 35.0 Å². The summed E-state index contributed by atoms with van der Waals surface area (Å²) in [5.41, 5.74) is 0.164. The number of nitro benzene ring substituents is 2. The van der Waals surface area contributed by atoms with Gasteiger partial charge in [0.05, 0.1) is 40.5 Å². The first kappa shape index (κ1) is 54.3. The highest BCUT2D eigenvalue weighted by atomic mass is 16.6. The molecule has 0 aliphatic carbocycles. The van der Waals surface area contributed by atoms with Crippen LogP contribution in [0.2, 0.25) is 0 Å². The lowest BCUT2D eigenvalue weighted by atomic mass is 9.93. The topological polar surface area (TPSA) is 347 Å². The molecule has 394 valence electrons. The van der Waals surface area contributed by atoms with Crippen molar-refractivity contribution in [3.05, 3.63) is 139 Å². The molecular weight excluding hydrogens is 993 g/mol. The number of carboxylic acids is 1. The van der Waals surface area contributed by atoms with Crippen molar-refractivity contribution < 1.29 is 62.9 Å². The fourth-order valence-corrected chi connectivity index (χ4v) is 8.79. The van der Waals surface area contributed by atoms with Crippen molar-refractivity contribution in [2.24, 2.45) is 0 Å². The Hall–Kier alpha value is -9.52. The zero-order valence-corrected chi connectivity index (χ0v) is 40.7. The predicted octanol–water partition coefficient (Wildman–Crippen LogP) is 1.84. The van der Waals surface area contributed by atoms with Crippen LogP contribution < -0.4 is 26.6 Å². The number of nitrogens with one attached hydrogen (secondary N) is 5. The number of nitro groups is 2. The fourth-order valence-electron chi connectivity index (χ4n) is 8.79. The van der Waals surface area contributed by atoms with Crippen LogP contribution >= 0.6 is 0 Å². The van der Waals surface area contributed by atoms with Crippen LogP contribution in [0.5, 0.6) is 0 Å². The van der Waals surface area contributed by atoms with Gasteiger partial charge >= 0.3 is 5.97 Å². The monoisotopic (exact) mass is 1040 g/mol. The molecule has 0 spiro atoms. The summed E-state index contributed by atoms with van der Waals surface area (Å²) in [5.74, 6) is -7.83. The zero-order chi connectivity index (χ0) is 54.8. The van der Waals surface area contributed by atoms with E-state index in [2.05, 4.69) is 26.6 Å². The van der Waals surface area contributed by atoms with Gasteiger partial charge in [0.1, 0.15) is 12.1 Å². The Morgan fingerprint density at radius 1 is 0.618 bits per heavy atom. The summed E-state index contributed by atoms with van der Waals surface area (Å²) in [6.07, 6.45) is -0.684. The van der Waals surface area contributed by atoms with E-state index in [0.717, 1.165) is 21.9 Å². The Morgan fingerprint density at radius 3 is 1.75 bits per heavy atom. The standard InChI is InChI=1S/C51H50N10O15/c1-29(55-41(63)27-53-40(62)14-15-43(65)66)46(67)56-39(22-30-8-3-2-4-9-30)47(68)54-28-42(64)57(20-21-59-49(70)36-13-6-11-32-24-34(61(75)76)26-38(45(32)36)51(59)72)18-7-16-52-17-19-58-48(69)35-12-5-10-31-23-33(60(73)74)25-37(44(31)35)50(58)71/h2-6,8-13,23-26,29,39,52H,7,14-22,27-28H2,1H3,(H,53,62)(H,54,68)(H,55,63)(H,56,67)(H,65,66)/t29-,39-/m0/s1. The number of nitrogens with zero attached hydrogens (tertiary/aromatic N) is 5. The lowest BCUT2D eigenvalue weighted by Gasteiger charge is -2.30. The first-order valence-electron chi connectivity index (χ1n) is 23.9. The molecule has 5 aromatic carbocycles. The molecule has 25 heteroatoms. The molecule has 2 atom stereocenters. The summed E-state index contributed by atoms with van der Waals surface area (Å²) in [6, 6.07) is 20.0. The average molecular weight is 1040 g/mol. The number of hydrogen-bond acceptors (Lipinski definition) is 15. The van der Waals surface area contributed by atoms with E-state index in [1.807, 2.05) is 0 Å². The lowest BCUT2D eigenvalue weighted by molar-refractivity contribution is -0.384. The molecule has 2 aliphatic rings. The minimum absolute atomic E-state index is 0.00803. The molecule has 0 radical (unpaired) electrons. The number of carbonyl (C=O) groups excluding carboxylic acids is 9. The third-order valence-electron chi connectivity index (χ3n) is 12.6. The molecule has 0 saturated carbocycles. The molecule has 25 nitrogen and oxygen atoms in total. The van der Waals surface area contributed by atoms with Crippen molar-refractivity contribution in [2.45, 2.75) is 44.7 Å². The highest BCUT2D eigenvalue weighted by Crippen LogP contribution is 2.35. The minimum Gasteiger partial charge on any atom is -0.481 e. The number of rotatable bonds is 25. The molecular formula is C51H50N10O15. The third-order valence-corrected chi connectivity index (χ3v) is 12.6. The van der Waals surface area contributed by atoms with E-state index in [0.29, 0.717) is 21.7 Å². The van der Waals surface area contributed by atoms with E-state index in [1.165, 1.54) is 48.2 Å². The lowest BCUT2D eigenvalue weighted by Crippen LogP contribution is -2.55. The molecule has 0 saturated heterocycles. The molecule has 7 rings (SSSR count). The molecule has 0 bridgehead atoms. The number of benzene rings is 5. The first-order valence-corrected chi connectivity index (χ1v) is 23.9. The van der Waals surface area contributed by atoms with Gasteiger partial charge in [-0.25, -0.2) is 0 Å². The minimum atomic E-state index is -1.30. The molecule has 9 amide bonds. The fraction of sp³-hybridized carbons (Fsp3) is 0.294. The van der Waals surface area contributed by atoms with Gasteiger partial charge in [-0.2, -0.15) is 0 Å². The second-order valence-corrected chi connectivity index (χ2v) is 17.7. The molecule has 5 aromatic rings. The molecule has 2 heterocycles. The predicted molar refractivity (Wildman–Crippen MR) is 269 cm³/mol.